The van der Waals surface area contributed by atoms with Gasteiger partial charge in [0.2, 0.25) is 11.8 Å². The number of phenolic OH excluding ortho intramolecular Hbond substituents is 1. The van der Waals surface area contributed by atoms with Gasteiger partial charge in [0.25, 0.3) is 5.91 Å². The molecule has 4 heterocycles. The van der Waals surface area contributed by atoms with Gasteiger partial charge in [-0.25, -0.2) is 5.43 Å². The minimum Gasteiger partial charge on any atom is -0.508 e. The monoisotopic (exact) mass is 911 g/mol. The second-order valence-corrected chi connectivity index (χ2v) is 16.9. The fourth-order valence-electron chi connectivity index (χ4n) is 8.57. The third-order valence-electron chi connectivity index (χ3n) is 11.4. The standard InChI is InChI=1S/C45H59N7O7.3H2S/c1-8-51-38-12-11-29-22-33(38)34(41(51)35-24-47-16-14-30(35)25-58-7)23-45(4,5)26-59-44(57)36-10-9-17-52(49-36)43(56)37(20-28-18-31(29)21-32(53)19-28)48-42(55)40(27(2)3)50(6)39(54)13-15-46;;;/h11-12,14,16,18-19,21-22,24,27,36-37,40,49,53H,8-10,13,15,17,20,23,25-26,46H2,1-7H3,(H,48,55);3*1H2/t36-,37-,40-;;;/m0.../s1. The topological polar surface area (TPSA) is 181 Å². The molecular formula is C45H65N7O7S3. The molecule has 4 aromatic rings. The summed E-state index contributed by atoms with van der Waals surface area (Å²) in [5.74, 6) is -1.99. The number of methoxy groups -OCH3 is 1. The maximum Gasteiger partial charge on any atom is 0.324 e. The summed E-state index contributed by atoms with van der Waals surface area (Å²) in [7, 11) is 3.24. The summed E-state index contributed by atoms with van der Waals surface area (Å²) in [6.45, 7) is 11.6. The number of carbonyl (C=O) groups is 4. The van der Waals surface area contributed by atoms with E-state index < -0.39 is 41.3 Å². The third kappa shape index (κ3) is 11.5. The molecule has 3 atom stereocenters. The van der Waals surface area contributed by atoms with E-state index in [2.05, 4.69) is 53.2 Å². The number of carbonyl (C=O) groups excluding carboxylic acids is 4. The summed E-state index contributed by atoms with van der Waals surface area (Å²) in [5.41, 5.74) is 15.5. The van der Waals surface area contributed by atoms with Crippen LogP contribution in [0.25, 0.3) is 33.3 Å². The van der Waals surface area contributed by atoms with E-state index >= 15 is 0 Å². The number of cyclic esters (lactones) is 1. The number of fused-ring (bicyclic) bond motifs is 6. The molecule has 6 rings (SSSR count). The number of benzene rings is 2. The number of amides is 3. The van der Waals surface area contributed by atoms with Gasteiger partial charge in [0.05, 0.1) is 18.9 Å². The Morgan fingerprint density at radius 2 is 1.85 bits per heavy atom. The molecule has 340 valence electrons. The predicted octanol–water partition coefficient (Wildman–Crippen LogP) is 5.06. The number of aryl methyl sites for hydroxylation is 1. The minimum atomic E-state index is -1.12. The van der Waals surface area contributed by atoms with Gasteiger partial charge in [-0.15, -0.1) is 0 Å². The Morgan fingerprint density at radius 1 is 1.11 bits per heavy atom. The molecule has 0 spiro atoms. The molecule has 1 saturated heterocycles. The first-order valence-corrected chi connectivity index (χ1v) is 20.6. The number of pyridine rings is 1. The third-order valence-corrected chi connectivity index (χ3v) is 11.4. The molecular weight excluding hydrogens is 847 g/mol. The minimum absolute atomic E-state index is 0. The summed E-state index contributed by atoms with van der Waals surface area (Å²) in [6, 6.07) is 10.6. The van der Waals surface area contributed by atoms with Crippen molar-refractivity contribution in [1.29, 1.82) is 0 Å². The lowest BCUT2D eigenvalue weighted by Gasteiger charge is -2.36. The van der Waals surface area contributed by atoms with Crippen molar-refractivity contribution < 1.29 is 33.8 Å². The zero-order valence-electron chi connectivity index (χ0n) is 36.8. The lowest BCUT2D eigenvalue weighted by atomic mass is 9.84. The van der Waals surface area contributed by atoms with Crippen LogP contribution in [0, 0.1) is 11.3 Å². The Morgan fingerprint density at radius 3 is 2.53 bits per heavy atom. The number of likely N-dealkylation sites (N-methyl/N-ethyl adjacent to an activating group) is 1. The Bertz CT molecular complexity index is 2220. The van der Waals surface area contributed by atoms with Gasteiger partial charge in [-0.1, -0.05) is 39.8 Å². The van der Waals surface area contributed by atoms with Crippen molar-refractivity contribution in [2.24, 2.45) is 17.1 Å². The average Bonchev–Trinajstić information content (AvgIpc) is 3.50. The zero-order chi connectivity index (χ0) is 42.6. The Labute approximate surface area is 386 Å². The summed E-state index contributed by atoms with van der Waals surface area (Å²) in [5, 5.41) is 16.6. The van der Waals surface area contributed by atoms with Crippen molar-refractivity contribution in [1.82, 2.24) is 30.2 Å². The molecule has 0 saturated carbocycles. The van der Waals surface area contributed by atoms with Crippen molar-refractivity contribution in [3.05, 3.63) is 71.5 Å². The fourth-order valence-corrected chi connectivity index (χ4v) is 8.57. The lowest BCUT2D eigenvalue weighted by Crippen LogP contribution is -2.62. The van der Waals surface area contributed by atoms with E-state index in [4.69, 9.17) is 15.2 Å². The number of nitrogens with two attached hydrogens (primary N) is 1. The van der Waals surface area contributed by atoms with Gasteiger partial charge in [-0.05, 0) is 90.3 Å². The highest BCUT2D eigenvalue weighted by Gasteiger charge is 2.37. The number of nitrogens with zero attached hydrogens (tertiary/aromatic N) is 4. The molecule has 5 N–H and O–H groups in total. The number of nitrogens with one attached hydrogen (secondary N) is 2. The number of hydrazine groups is 1. The van der Waals surface area contributed by atoms with E-state index in [0.29, 0.717) is 44.5 Å². The van der Waals surface area contributed by atoms with Gasteiger partial charge in [-0.3, -0.25) is 29.2 Å². The van der Waals surface area contributed by atoms with Crippen LogP contribution in [0.4, 0.5) is 0 Å². The van der Waals surface area contributed by atoms with Gasteiger partial charge in [0.1, 0.15) is 23.9 Å². The van der Waals surface area contributed by atoms with Crippen molar-refractivity contribution in [3.8, 4) is 28.1 Å². The van der Waals surface area contributed by atoms with Crippen LogP contribution in [0.3, 0.4) is 0 Å². The number of rotatable bonds is 10. The van der Waals surface area contributed by atoms with Crippen LogP contribution < -0.4 is 16.5 Å². The zero-order valence-corrected chi connectivity index (χ0v) is 39.8. The van der Waals surface area contributed by atoms with Crippen LogP contribution >= 0.6 is 40.5 Å². The first-order chi connectivity index (χ1) is 28.2. The first-order valence-electron chi connectivity index (χ1n) is 20.6. The summed E-state index contributed by atoms with van der Waals surface area (Å²) in [6.07, 6.45) is 5.28. The molecule has 2 aliphatic heterocycles. The van der Waals surface area contributed by atoms with Crippen LogP contribution in [0.15, 0.2) is 54.9 Å². The van der Waals surface area contributed by atoms with E-state index in [1.807, 2.05) is 38.2 Å². The number of aromatic hydroxyl groups is 1. The largest absolute Gasteiger partial charge is 0.508 e. The van der Waals surface area contributed by atoms with Gasteiger partial charge in [0.15, 0.2) is 0 Å². The molecule has 1 fully saturated rings. The highest BCUT2D eigenvalue weighted by atomic mass is 32.1. The van der Waals surface area contributed by atoms with Crippen LogP contribution in [-0.2, 0) is 54.6 Å². The predicted molar refractivity (Wildman–Crippen MR) is 257 cm³/mol. The Balaban J connectivity index is 0.00000341. The number of aromatic nitrogens is 2. The van der Waals surface area contributed by atoms with E-state index in [0.717, 1.165) is 44.4 Å². The quantitative estimate of drug-likeness (QED) is 0.157. The fraction of sp³-hybridized carbons (Fsp3) is 0.489. The highest BCUT2D eigenvalue weighted by Crippen LogP contribution is 2.41. The molecule has 14 nitrogen and oxygen atoms in total. The molecule has 0 aliphatic carbocycles. The maximum atomic E-state index is 14.5. The highest BCUT2D eigenvalue weighted by molar-refractivity contribution is 7.59. The second kappa shape index (κ2) is 22.4. The second-order valence-electron chi connectivity index (χ2n) is 16.9. The van der Waals surface area contributed by atoms with E-state index in [1.54, 1.807) is 32.5 Å². The van der Waals surface area contributed by atoms with Crippen molar-refractivity contribution >= 4 is 75.1 Å². The number of ether oxygens (including phenoxy) is 2. The van der Waals surface area contributed by atoms with Gasteiger partial charge < -0.3 is 35.1 Å². The van der Waals surface area contributed by atoms with Crippen molar-refractivity contribution in [2.75, 3.05) is 33.9 Å². The smallest absolute Gasteiger partial charge is 0.324 e. The van der Waals surface area contributed by atoms with Gasteiger partial charge >= 0.3 is 5.97 Å². The molecule has 2 aliphatic rings. The summed E-state index contributed by atoms with van der Waals surface area (Å²) < 4.78 is 14.0. The molecule has 3 amide bonds. The molecule has 2 aromatic carbocycles. The van der Waals surface area contributed by atoms with E-state index in [1.165, 1.54) is 9.91 Å². The van der Waals surface area contributed by atoms with Crippen molar-refractivity contribution in [3.63, 3.8) is 0 Å². The molecule has 0 radical (unpaired) electrons. The molecule has 6 bridgehead atoms. The Kier molecular flexibility index (Phi) is 18.8. The van der Waals surface area contributed by atoms with Gasteiger partial charge in [0, 0.05) is 80.9 Å². The normalized spacial score (nSPS) is 18.0. The van der Waals surface area contributed by atoms with Crippen molar-refractivity contribution in [2.45, 2.75) is 98.0 Å². The van der Waals surface area contributed by atoms with E-state index in [-0.39, 0.29) is 84.1 Å². The lowest BCUT2D eigenvalue weighted by molar-refractivity contribution is -0.155. The molecule has 0 unspecified atom stereocenters. The maximum absolute atomic E-state index is 14.5. The summed E-state index contributed by atoms with van der Waals surface area (Å²) in [4.78, 5) is 61.2. The number of phenols is 1. The average molecular weight is 912 g/mol. The van der Waals surface area contributed by atoms with Crippen LogP contribution in [0.1, 0.15) is 70.6 Å². The van der Waals surface area contributed by atoms with Gasteiger partial charge in [-0.2, -0.15) is 40.5 Å². The van der Waals surface area contributed by atoms with E-state index in [9.17, 15) is 24.3 Å². The molecule has 2 aromatic heterocycles. The summed E-state index contributed by atoms with van der Waals surface area (Å²) >= 11 is 0. The SMILES string of the molecule is CCn1c(-c2cnccc2COC)c2c3cc(ccc31)-c1cc(O)cc(c1)C[C@H](NC(=O)[C@H](C(C)C)N(C)C(=O)CCN)C(=O)N1CCC[C@H](N1)C(=O)OCC(C)(C)C2.S.S.S. The number of hydrogen-bond acceptors (Lipinski definition) is 10. The van der Waals surface area contributed by atoms with Crippen LogP contribution in [-0.4, -0.2) is 100 Å². The Hall–Kier alpha value is -4.26. The molecule has 17 heteroatoms. The number of esters is 1. The first kappa shape index (κ1) is 52.1. The van der Waals surface area contributed by atoms with Crippen LogP contribution in [0.2, 0.25) is 0 Å². The molecule has 62 heavy (non-hydrogen) atoms. The van der Waals surface area contributed by atoms with Crippen LogP contribution in [0.5, 0.6) is 5.75 Å². The number of hydrogen-bond donors (Lipinski definition) is 4.